The van der Waals surface area contributed by atoms with Crippen molar-refractivity contribution in [1.29, 1.82) is 0 Å². The van der Waals surface area contributed by atoms with E-state index in [-0.39, 0.29) is 35.8 Å². The van der Waals surface area contributed by atoms with Gasteiger partial charge in [0.2, 0.25) is 0 Å². The first-order valence-electron chi connectivity index (χ1n) is 17.9. The van der Waals surface area contributed by atoms with Gasteiger partial charge in [0.1, 0.15) is 35.3 Å². The van der Waals surface area contributed by atoms with E-state index in [1.807, 2.05) is 30.3 Å². The van der Waals surface area contributed by atoms with Crippen LogP contribution in [0.2, 0.25) is 0 Å². The van der Waals surface area contributed by atoms with E-state index in [0.717, 1.165) is 99.6 Å². The zero-order valence-electron chi connectivity index (χ0n) is 28.2. The van der Waals surface area contributed by atoms with Crippen molar-refractivity contribution in [3.63, 3.8) is 0 Å². The molecule has 49 heavy (non-hydrogen) atoms. The Morgan fingerprint density at radius 3 is 1.98 bits per heavy atom. The number of hydrogen-bond acceptors (Lipinski definition) is 6. The minimum atomic E-state index is -0.231. The Morgan fingerprint density at radius 1 is 0.755 bits per heavy atom. The second-order valence-electron chi connectivity index (χ2n) is 13.5. The van der Waals surface area contributed by atoms with Crippen molar-refractivity contribution in [2.24, 2.45) is 5.92 Å². The van der Waals surface area contributed by atoms with Crippen LogP contribution in [0.25, 0.3) is 10.9 Å². The van der Waals surface area contributed by atoms with Crippen LogP contribution >= 0.6 is 0 Å². The van der Waals surface area contributed by atoms with Crippen LogP contribution in [0.5, 0.6) is 11.5 Å². The van der Waals surface area contributed by atoms with Gasteiger partial charge in [0.25, 0.3) is 5.91 Å². The van der Waals surface area contributed by atoms with Crippen LogP contribution in [0.1, 0.15) is 68.1 Å². The number of hydrogen-bond donors (Lipinski definition) is 2. The molecule has 7 rings (SSSR count). The maximum Gasteiger partial charge on any atom is 0.252 e. The van der Waals surface area contributed by atoms with Crippen molar-refractivity contribution in [3.05, 3.63) is 102 Å². The number of aromatic nitrogens is 1. The second-order valence-corrected chi connectivity index (χ2v) is 13.5. The van der Waals surface area contributed by atoms with Crippen LogP contribution in [-0.4, -0.2) is 66.8 Å². The fourth-order valence-electron chi connectivity index (χ4n) is 7.09. The molecule has 0 radical (unpaired) electrons. The Kier molecular flexibility index (Phi) is 12.4. The van der Waals surface area contributed by atoms with E-state index in [2.05, 4.69) is 20.5 Å². The summed E-state index contributed by atoms with van der Waals surface area (Å²) in [6, 6.07) is 22.4. The summed E-state index contributed by atoms with van der Waals surface area (Å²) in [5.41, 5.74) is 1.57. The molecule has 1 aromatic heterocycles. The number of fused-ring (bicyclic) bond motifs is 1. The van der Waals surface area contributed by atoms with Gasteiger partial charge >= 0.3 is 0 Å². The van der Waals surface area contributed by atoms with E-state index in [1.54, 1.807) is 30.5 Å². The summed E-state index contributed by atoms with van der Waals surface area (Å²) in [6.07, 6.45) is 12.0. The molecule has 0 atom stereocenters. The first-order valence-corrected chi connectivity index (χ1v) is 17.9. The molecule has 260 valence electrons. The summed E-state index contributed by atoms with van der Waals surface area (Å²) in [7, 11) is 0. The van der Waals surface area contributed by atoms with E-state index in [9.17, 15) is 13.6 Å². The number of nitrogens with zero attached hydrogens (tertiary/aromatic N) is 2. The van der Waals surface area contributed by atoms with Crippen molar-refractivity contribution >= 4 is 16.8 Å². The summed E-state index contributed by atoms with van der Waals surface area (Å²) < 4.78 is 37.4. The second kappa shape index (κ2) is 17.5. The third-order valence-corrected chi connectivity index (χ3v) is 9.98. The third kappa shape index (κ3) is 10.5. The summed E-state index contributed by atoms with van der Waals surface area (Å²) in [5.74, 6) is 1.81. The molecule has 2 saturated heterocycles. The lowest BCUT2D eigenvalue weighted by molar-refractivity contribution is 0.0898. The highest BCUT2D eigenvalue weighted by atomic mass is 19.1. The first-order chi connectivity index (χ1) is 24.0. The van der Waals surface area contributed by atoms with Crippen LogP contribution in [-0.2, 0) is 0 Å². The van der Waals surface area contributed by atoms with Gasteiger partial charge < -0.3 is 25.0 Å². The number of para-hydroxylation sites is 1. The Bertz CT molecular complexity index is 1590. The van der Waals surface area contributed by atoms with Crippen molar-refractivity contribution < 1.29 is 23.0 Å². The average molecular weight is 671 g/mol. The zero-order valence-corrected chi connectivity index (χ0v) is 28.2. The van der Waals surface area contributed by atoms with Gasteiger partial charge in [0.05, 0.1) is 11.1 Å². The van der Waals surface area contributed by atoms with E-state index < -0.39 is 0 Å². The normalized spacial score (nSPS) is 20.6. The molecule has 4 aromatic rings. The van der Waals surface area contributed by atoms with E-state index in [4.69, 9.17) is 9.47 Å². The van der Waals surface area contributed by atoms with Gasteiger partial charge in [-0.25, -0.2) is 8.78 Å². The van der Waals surface area contributed by atoms with E-state index >= 15 is 0 Å². The molecular formula is C40H48F2N4O3. The maximum absolute atomic E-state index is 13.1. The fourth-order valence-corrected chi connectivity index (χ4v) is 7.09. The predicted molar refractivity (Wildman–Crippen MR) is 189 cm³/mol. The lowest BCUT2D eigenvalue weighted by Crippen LogP contribution is -2.40. The number of ether oxygens (including phenoxy) is 2. The number of halogens is 2. The van der Waals surface area contributed by atoms with Gasteiger partial charge in [-0.05, 0) is 144 Å². The highest BCUT2D eigenvalue weighted by Crippen LogP contribution is 2.29. The highest BCUT2D eigenvalue weighted by Gasteiger charge is 2.25. The molecule has 2 aliphatic heterocycles. The van der Waals surface area contributed by atoms with E-state index in [1.165, 1.54) is 43.5 Å². The van der Waals surface area contributed by atoms with Crippen molar-refractivity contribution in [1.82, 2.24) is 20.5 Å². The Hall–Kier alpha value is -4.08. The number of nitrogens with one attached hydrogen (secondary N) is 2. The van der Waals surface area contributed by atoms with Crippen molar-refractivity contribution in [2.75, 3.05) is 32.7 Å². The van der Waals surface area contributed by atoms with Gasteiger partial charge in [0.15, 0.2) is 0 Å². The van der Waals surface area contributed by atoms with Crippen LogP contribution in [0, 0.1) is 17.6 Å². The van der Waals surface area contributed by atoms with Gasteiger partial charge in [0, 0.05) is 30.7 Å². The topological polar surface area (TPSA) is 75.7 Å². The Balaban J connectivity index is 0.000000248. The molecule has 0 spiro atoms. The molecule has 3 aromatic carbocycles. The van der Waals surface area contributed by atoms with Crippen LogP contribution in [0.15, 0.2) is 85.1 Å². The Morgan fingerprint density at radius 2 is 1.35 bits per heavy atom. The van der Waals surface area contributed by atoms with Crippen molar-refractivity contribution in [2.45, 2.75) is 76.0 Å². The molecule has 3 fully saturated rings. The molecule has 0 bridgehead atoms. The molecule has 9 heteroatoms. The number of benzene rings is 3. The minimum Gasteiger partial charge on any atom is -0.490 e. The molecule has 3 heterocycles. The predicted octanol–water partition coefficient (Wildman–Crippen LogP) is 7.55. The monoisotopic (exact) mass is 670 g/mol. The molecule has 3 aliphatic rings. The molecule has 2 N–H and O–H groups in total. The van der Waals surface area contributed by atoms with E-state index in [0.29, 0.717) is 5.56 Å². The van der Waals surface area contributed by atoms with Gasteiger partial charge in [-0.1, -0.05) is 18.2 Å². The van der Waals surface area contributed by atoms with Crippen molar-refractivity contribution in [3.8, 4) is 11.5 Å². The van der Waals surface area contributed by atoms with Crippen LogP contribution < -0.4 is 20.1 Å². The molecule has 1 amide bonds. The first kappa shape index (κ1) is 34.8. The summed E-state index contributed by atoms with van der Waals surface area (Å²) in [4.78, 5) is 19.8. The maximum atomic E-state index is 13.1. The number of likely N-dealkylation sites (tertiary alicyclic amines) is 1. The Labute approximate surface area is 288 Å². The zero-order chi connectivity index (χ0) is 33.8. The van der Waals surface area contributed by atoms with Gasteiger partial charge in [-0.15, -0.1) is 0 Å². The van der Waals surface area contributed by atoms with Gasteiger partial charge in [-0.2, -0.15) is 0 Å². The smallest absolute Gasteiger partial charge is 0.252 e. The SMILES string of the molecule is Fc1ccc(OC2CCNCC2)cc1.O=C(NC1CCC(CCN2CCC(Oc3ccc(F)cc3)CC2)CC1)c1ccnc2ccccc12. The summed E-state index contributed by atoms with van der Waals surface area (Å²) in [6.45, 7) is 5.25. The lowest BCUT2D eigenvalue weighted by Gasteiger charge is -2.34. The number of pyridine rings is 1. The number of carbonyl (C=O) groups excluding carboxylic acids is 1. The molecule has 1 aliphatic carbocycles. The third-order valence-electron chi connectivity index (χ3n) is 9.98. The quantitative estimate of drug-likeness (QED) is 0.192. The molecule has 7 nitrogen and oxygen atoms in total. The van der Waals surface area contributed by atoms with Crippen LogP contribution in [0.3, 0.4) is 0 Å². The van der Waals surface area contributed by atoms with Crippen LogP contribution in [0.4, 0.5) is 8.78 Å². The summed E-state index contributed by atoms with van der Waals surface area (Å²) in [5, 5.41) is 7.45. The van der Waals surface area contributed by atoms with Gasteiger partial charge in [-0.3, -0.25) is 9.78 Å². The fraction of sp³-hybridized carbons (Fsp3) is 0.450. The largest absolute Gasteiger partial charge is 0.490 e. The highest BCUT2D eigenvalue weighted by molar-refractivity contribution is 6.06. The number of rotatable bonds is 9. The standard InChI is InChI=1S/C29H34FN3O2.C11H14FNO/c30-22-7-11-24(12-8-22)35-25-15-19-33(20-16-25)18-14-21-5-9-23(10-6-21)32-29(34)27-13-17-31-28-4-2-1-3-26(27)28;12-9-1-3-10(4-2-9)14-11-5-7-13-8-6-11/h1-4,7-8,11-13,17,21,23,25H,5-6,9-10,14-16,18-20H2,(H,32,34);1-4,11,13H,5-8H2. The molecule has 0 unspecified atom stereocenters. The number of piperidine rings is 2. The minimum absolute atomic E-state index is 0.0118. The lowest BCUT2D eigenvalue weighted by atomic mass is 9.83. The summed E-state index contributed by atoms with van der Waals surface area (Å²) >= 11 is 0. The molecular weight excluding hydrogens is 622 g/mol. The number of carbonyl (C=O) groups is 1. The average Bonchev–Trinajstić information content (AvgIpc) is 3.14. The number of amides is 1. The molecule has 1 saturated carbocycles.